The summed E-state index contributed by atoms with van der Waals surface area (Å²) in [7, 11) is 0. The van der Waals surface area contributed by atoms with Gasteiger partial charge in [0.05, 0.1) is 0 Å². The topological polar surface area (TPSA) is 38.0 Å². The van der Waals surface area contributed by atoms with Crippen molar-refractivity contribution in [2.75, 3.05) is 39.3 Å². The molecule has 26 heavy (non-hydrogen) atoms. The van der Waals surface area contributed by atoms with Gasteiger partial charge in [0, 0.05) is 12.1 Å². The average Bonchev–Trinajstić information content (AvgIpc) is 2.66. The van der Waals surface area contributed by atoms with E-state index in [0.29, 0.717) is 25.1 Å². The molecule has 1 aliphatic heterocycles. The molecule has 1 fully saturated rings. The zero-order chi connectivity index (χ0) is 18.2. The molecule has 0 radical (unpaired) electrons. The fourth-order valence-corrected chi connectivity index (χ4v) is 3.52. The van der Waals surface area contributed by atoms with Crippen molar-refractivity contribution in [2.24, 2.45) is 0 Å². The summed E-state index contributed by atoms with van der Waals surface area (Å²) in [6.07, 6.45) is 0.531. The number of nitrogens with one attached hydrogen (secondary N) is 3. The van der Waals surface area contributed by atoms with Crippen molar-refractivity contribution in [2.45, 2.75) is 13.0 Å². The van der Waals surface area contributed by atoms with E-state index >= 15 is 0 Å². The first kappa shape index (κ1) is 18.5. The summed E-state index contributed by atoms with van der Waals surface area (Å²) in [5, 5.41) is 2.92. The van der Waals surface area contributed by atoms with E-state index in [1.165, 1.54) is 16.5 Å². The third kappa shape index (κ3) is 5.64. The quantitative estimate of drug-likeness (QED) is 0.612. The second-order valence-electron chi connectivity index (χ2n) is 7.03. The fourth-order valence-electron chi connectivity index (χ4n) is 3.52. The molecule has 0 bridgehead atoms. The Bertz CT molecular complexity index is 699. The molecule has 0 atom stereocenters. The summed E-state index contributed by atoms with van der Waals surface area (Å²) in [4.78, 5) is 15.0. The number of hydrogen-bond donors (Lipinski definition) is 3. The highest BCUT2D eigenvalue weighted by Gasteiger charge is 2.24. The molecule has 0 spiro atoms. The standard InChI is InChI=1S/C21H26FN3O/c22-20-9-5-4-8-19(20)10-11-23-21(26)17-25-14-12-24(13-15-25)16-18-6-2-1-3-7-18/h1-9H,10-17H2,(H,23,26)/p+2. The van der Waals surface area contributed by atoms with Crippen molar-refractivity contribution in [3.05, 3.63) is 71.5 Å². The number of rotatable bonds is 7. The Labute approximate surface area is 154 Å². The Morgan fingerprint density at radius 2 is 1.58 bits per heavy atom. The summed E-state index contributed by atoms with van der Waals surface area (Å²) >= 11 is 0. The number of piperazine rings is 1. The molecule has 138 valence electrons. The molecule has 2 aromatic rings. The Morgan fingerprint density at radius 1 is 0.923 bits per heavy atom. The molecule has 0 aromatic heterocycles. The van der Waals surface area contributed by atoms with Crippen molar-refractivity contribution in [3.8, 4) is 0 Å². The predicted molar refractivity (Wildman–Crippen MR) is 99.5 cm³/mol. The Balaban J connectivity index is 1.34. The highest BCUT2D eigenvalue weighted by molar-refractivity contribution is 5.76. The second-order valence-corrected chi connectivity index (χ2v) is 7.03. The summed E-state index contributed by atoms with van der Waals surface area (Å²) in [5.41, 5.74) is 2.02. The van der Waals surface area contributed by atoms with E-state index in [1.807, 2.05) is 12.1 Å². The highest BCUT2D eigenvalue weighted by atomic mass is 19.1. The van der Waals surface area contributed by atoms with E-state index in [4.69, 9.17) is 0 Å². The van der Waals surface area contributed by atoms with Crippen LogP contribution in [0.3, 0.4) is 0 Å². The van der Waals surface area contributed by atoms with Crippen LogP contribution in [0.5, 0.6) is 0 Å². The maximum atomic E-state index is 13.6. The van der Waals surface area contributed by atoms with Gasteiger partial charge in [0.2, 0.25) is 0 Å². The number of carbonyl (C=O) groups is 1. The van der Waals surface area contributed by atoms with Gasteiger partial charge in [-0.3, -0.25) is 4.79 Å². The van der Waals surface area contributed by atoms with Gasteiger partial charge in [-0.2, -0.15) is 0 Å². The van der Waals surface area contributed by atoms with Crippen LogP contribution in [0.25, 0.3) is 0 Å². The minimum absolute atomic E-state index is 0.0582. The molecule has 1 aliphatic rings. The highest BCUT2D eigenvalue weighted by Crippen LogP contribution is 2.05. The van der Waals surface area contributed by atoms with E-state index in [1.54, 1.807) is 17.0 Å². The molecule has 0 unspecified atom stereocenters. The molecular formula is C21H28FN3O+2. The number of hydrogen-bond acceptors (Lipinski definition) is 1. The lowest BCUT2D eigenvalue weighted by Gasteiger charge is -2.29. The van der Waals surface area contributed by atoms with Crippen LogP contribution < -0.4 is 15.1 Å². The molecular weight excluding hydrogens is 329 g/mol. The van der Waals surface area contributed by atoms with Gasteiger partial charge in [0.25, 0.3) is 5.91 Å². The van der Waals surface area contributed by atoms with E-state index in [9.17, 15) is 9.18 Å². The lowest BCUT2D eigenvalue weighted by atomic mass is 10.1. The Hall–Kier alpha value is -2.24. The molecule has 5 heteroatoms. The van der Waals surface area contributed by atoms with Gasteiger partial charge in [0.15, 0.2) is 6.54 Å². The molecule has 3 rings (SSSR count). The number of halogens is 1. The summed E-state index contributed by atoms with van der Waals surface area (Å²) in [6, 6.07) is 17.3. The number of benzene rings is 2. The maximum Gasteiger partial charge on any atom is 0.275 e. The molecule has 1 heterocycles. The summed E-state index contributed by atoms with van der Waals surface area (Å²) < 4.78 is 13.6. The zero-order valence-electron chi connectivity index (χ0n) is 15.1. The van der Waals surface area contributed by atoms with Crippen molar-refractivity contribution >= 4 is 5.91 Å². The average molecular weight is 357 g/mol. The number of quaternary nitrogens is 2. The minimum atomic E-state index is -0.204. The van der Waals surface area contributed by atoms with Crippen LogP contribution in [0.2, 0.25) is 0 Å². The van der Waals surface area contributed by atoms with E-state index in [0.717, 1.165) is 32.7 Å². The lowest BCUT2D eigenvalue weighted by Crippen LogP contribution is -3.28. The number of carbonyl (C=O) groups excluding carboxylic acids is 1. The third-order valence-corrected chi connectivity index (χ3v) is 5.05. The monoisotopic (exact) mass is 357 g/mol. The van der Waals surface area contributed by atoms with Crippen molar-refractivity contribution in [1.29, 1.82) is 0 Å². The van der Waals surface area contributed by atoms with Crippen molar-refractivity contribution < 1.29 is 19.0 Å². The van der Waals surface area contributed by atoms with Crippen LogP contribution in [0.4, 0.5) is 4.39 Å². The van der Waals surface area contributed by atoms with Crippen LogP contribution in [0, 0.1) is 5.82 Å². The van der Waals surface area contributed by atoms with Crippen LogP contribution in [0.15, 0.2) is 54.6 Å². The van der Waals surface area contributed by atoms with Crippen LogP contribution in [-0.4, -0.2) is 45.2 Å². The summed E-state index contributed by atoms with van der Waals surface area (Å²) in [6.45, 7) is 6.27. The number of amides is 1. The van der Waals surface area contributed by atoms with Gasteiger partial charge in [-0.05, 0) is 18.1 Å². The van der Waals surface area contributed by atoms with E-state index < -0.39 is 0 Å². The lowest BCUT2D eigenvalue weighted by molar-refractivity contribution is -1.02. The fraction of sp³-hybridized carbons (Fsp3) is 0.381. The van der Waals surface area contributed by atoms with Gasteiger partial charge < -0.3 is 15.1 Å². The van der Waals surface area contributed by atoms with Crippen LogP contribution in [-0.2, 0) is 17.8 Å². The van der Waals surface area contributed by atoms with Crippen LogP contribution >= 0.6 is 0 Å². The normalized spacial score (nSPS) is 19.9. The SMILES string of the molecule is O=C(C[NH+]1CC[NH+](Cc2ccccc2)CC1)NCCc1ccccc1F. The largest absolute Gasteiger partial charge is 0.351 e. The second kappa shape index (κ2) is 9.46. The van der Waals surface area contributed by atoms with Gasteiger partial charge >= 0.3 is 0 Å². The van der Waals surface area contributed by atoms with Gasteiger partial charge in [0.1, 0.15) is 38.5 Å². The molecule has 2 aromatic carbocycles. The first-order valence-electron chi connectivity index (χ1n) is 9.42. The molecule has 3 N–H and O–H groups in total. The van der Waals surface area contributed by atoms with Gasteiger partial charge in [-0.1, -0.05) is 48.5 Å². The molecule has 1 saturated heterocycles. The van der Waals surface area contributed by atoms with E-state index in [2.05, 4.69) is 29.6 Å². The van der Waals surface area contributed by atoms with Crippen LogP contribution in [0.1, 0.15) is 11.1 Å². The van der Waals surface area contributed by atoms with E-state index in [-0.39, 0.29) is 11.7 Å². The third-order valence-electron chi connectivity index (χ3n) is 5.05. The minimum Gasteiger partial charge on any atom is -0.351 e. The Kier molecular flexibility index (Phi) is 6.75. The molecule has 4 nitrogen and oxygen atoms in total. The smallest absolute Gasteiger partial charge is 0.275 e. The first-order chi connectivity index (χ1) is 12.7. The van der Waals surface area contributed by atoms with Crippen molar-refractivity contribution in [1.82, 2.24) is 5.32 Å². The molecule has 0 aliphatic carbocycles. The zero-order valence-corrected chi connectivity index (χ0v) is 15.1. The molecule has 1 amide bonds. The van der Waals surface area contributed by atoms with Gasteiger partial charge in [-0.15, -0.1) is 0 Å². The summed E-state index contributed by atoms with van der Waals surface area (Å²) in [5.74, 6) is -0.146. The van der Waals surface area contributed by atoms with Crippen molar-refractivity contribution in [3.63, 3.8) is 0 Å². The molecule has 0 saturated carbocycles. The maximum absolute atomic E-state index is 13.6. The first-order valence-corrected chi connectivity index (χ1v) is 9.42. The Morgan fingerprint density at radius 3 is 2.31 bits per heavy atom. The van der Waals surface area contributed by atoms with Gasteiger partial charge in [-0.25, -0.2) is 4.39 Å². The predicted octanol–water partition coefficient (Wildman–Crippen LogP) is -0.532.